The maximum atomic E-state index is 12.9. The summed E-state index contributed by atoms with van der Waals surface area (Å²) in [4.78, 5) is 4.19. The van der Waals surface area contributed by atoms with E-state index < -0.39 is 0 Å². The molecular formula is C12H15FN2O. The fraction of sp³-hybridized carbons (Fsp3) is 0.417. The number of aromatic nitrogens is 1. The molecule has 0 aliphatic carbocycles. The number of hydrogen-bond donors (Lipinski definition) is 1. The number of nitrogens with two attached hydrogens (primary N) is 1. The van der Waals surface area contributed by atoms with Crippen molar-refractivity contribution in [3.63, 3.8) is 0 Å². The van der Waals surface area contributed by atoms with Crippen molar-refractivity contribution in [2.75, 3.05) is 0 Å². The van der Waals surface area contributed by atoms with E-state index in [1.807, 2.05) is 0 Å². The minimum atomic E-state index is -0.311. The minimum Gasteiger partial charge on any atom is -0.439 e. The lowest BCUT2D eigenvalue weighted by Gasteiger charge is -2.04. The van der Waals surface area contributed by atoms with E-state index in [9.17, 15) is 4.39 Å². The van der Waals surface area contributed by atoms with Crippen molar-refractivity contribution >= 4 is 11.1 Å². The second-order valence-corrected chi connectivity index (χ2v) is 3.91. The van der Waals surface area contributed by atoms with Crippen LogP contribution >= 0.6 is 0 Å². The Morgan fingerprint density at radius 1 is 1.50 bits per heavy atom. The first kappa shape index (κ1) is 11.1. The molecule has 3 nitrogen and oxygen atoms in total. The van der Waals surface area contributed by atoms with E-state index in [4.69, 9.17) is 10.2 Å². The van der Waals surface area contributed by atoms with Gasteiger partial charge in [-0.25, -0.2) is 9.37 Å². The Morgan fingerprint density at radius 2 is 2.31 bits per heavy atom. The standard InChI is InChI=1S/C12H15FN2O/c1-2-3-4-9(14)12-15-10-7-8(13)5-6-11(10)16-12/h5-7,9H,2-4,14H2,1H3. The van der Waals surface area contributed by atoms with Crippen molar-refractivity contribution in [3.05, 3.63) is 29.9 Å². The zero-order valence-electron chi connectivity index (χ0n) is 9.24. The maximum Gasteiger partial charge on any atom is 0.212 e. The Hall–Kier alpha value is -1.42. The number of unbranched alkanes of at least 4 members (excludes halogenated alkanes) is 1. The van der Waals surface area contributed by atoms with E-state index in [1.54, 1.807) is 6.07 Å². The molecule has 1 heterocycles. The zero-order valence-corrected chi connectivity index (χ0v) is 9.24. The molecule has 2 rings (SSSR count). The molecule has 1 atom stereocenters. The third-order valence-corrected chi connectivity index (χ3v) is 2.55. The molecule has 1 aromatic carbocycles. The van der Waals surface area contributed by atoms with Gasteiger partial charge in [0.25, 0.3) is 0 Å². The van der Waals surface area contributed by atoms with Gasteiger partial charge >= 0.3 is 0 Å². The number of rotatable bonds is 4. The zero-order chi connectivity index (χ0) is 11.5. The van der Waals surface area contributed by atoms with Gasteiger partial charge in [0.2, 0.25) is 5.89 Å². The van der Waals surface area contributed by atoms with Crippen LogP contribution in [0.2, 0.25) is 0 Å². The van der Waals surface area contributed by atoms with Crippen LogP contribution in [0.5, 0.6) is 0 Å². The lowest BCUT2D eigenvalue weighted by atomic mass is 10.1. The lowest BCUT2D eigenvalue weighted by molar-refractivity contribution is 0.450. The number of oxazole rings is 1. The van der Waals surface area contributed by atoms with Crippen LogP contribution < -0.4 is 5.73 Å². The molecule has 0 fully saturated rings. The van der Waals surface area contributed by atoms with Crippen LogP contribution in [0.25, 0.3) is 11.1 Å². The summed E-state index contributed by atoms with van der Waals surface area (Å²) >= 11 is 0. The summed E-state index contributed by atoms with van der Waals surface area (Å²) in [6.45, 7) is 2.11. The van der Waals surface area contributed by atoms with Crippen molar-refractivity contribution in [2.45, 2.75) is 32.2 Å². The molecule has 16 heavy (non-hydrogen) atoms. The molecule has 1 unspecified atom stereocenters. The first-order valence-corrected chi connectivity index (χ1v) is 5.52. The largest absolute Gasteiger partial charge is 0.439 e. The second kappa shape index (κ2) is 4.61. The second-order valence-electron chi connectivity index (χ2n) is 3.91. The van der Waals surface area contributed by atoms with Crippen LogP contribution in [0.1, 0.15) is 38.1 Å². The van der Waals surface area contributed by atoms with Gasteiger partial charge < -0.3 is 10.2 Å². The number of benzene rings is 1. The number of fused-ring (bicyclic) bond motifs is 1. The van der Waals surface area contributed by atoms with Gasteiger partial charge in [-0.2, -0.15) is 0 Å². The van der Waals surface area contributed by atoms with Crippen molar-refractivity contribution in [1.82, 2.24) is 4.98 Å². The van der Waals surface area contributed by atoms with Crippen molar-refractivity contribution in [1.29, 1.82) is 0 Å². The summed E-state index contributed by atoms with van der Waals surface area (Å²) in [6.07, 6.45) is 2.96. The molecule has 0 amide bonds. The minimum absolute atomic E-state index is 0.199. The molecule has 0 radical (unpaired) electrons. The fourth-order valence-corrected chi connectivity index (χ4v) is 1.62. The van der Waals surface area contributed by atoms with Crippen LogP contribution in [0.15, 0.2) is 22.6 Å². The van der Waals surface area contributed by atoms with Crippen LogP contribution in [-0.2, 0) is 0 Å². The molecule has 4 heteroatoms. The first-order valence-electron chi connectivity index (χ1n) is 5.52. The van der Waals surface area contributed by atoms with E-state index in [-0.39, 0.29) is 11.9 Å². The van der Waals surface area contributed by atoms with Gasteiger partial charge in [-0.1, -0.05) is 19.8 Å². The predicted molar refractivity (Wildman–Crippen MR) is 60.4 cm³/mol. The van der Waals surface area contributed by atoms with Crippen LogP contribution in [0, 0.1) is 5.82 Å². The number of nitrogens with zero attached hydrogens (tertiary/aromatic N) is 1. The molecule has 0 bridgehead atoms. The van der Waals surface area contributed by atoms with Crippen molar-refractivity contribution in [2.24, 2.45) is 5.73 Å². The number of halogens is 1. The molecule has 0 spiro atoms. The monoisotopic (exact) mass is 222 g/mol. The molecule has 0 aliphatic rings. The Bertz CT molecular complexity index is 481. The summed E-state index contributed by atoms with van der Waals surface area (Å²) in [7, 11) is 0. The molecule has 0 aliphatic heterocycles. The average molecular weight is 222 g/mol. The van der Waals surface area contributed by atoms with Crippen molar-refractivity contribution in [3.8, 4) is 0 Å². The van der Waals surface area contributed by atoms with Gasteiger partial charge in [0.15, 0.2) is 5.58 Å². The van der Waals surface area contributed by atoms with Crippen LogP contribution in [0.3, 0.4) is 0 Å². The normalized spacial score (nSPS) is 13.2. The number of hydrogen-bond acceptors (Lipinski definition) is 3. The van der Waals surface area contributed by atoms with Gasteiger partial charge in [-0.05, 0) is 18.6 Å². The highest BCUT2D eigenvalue weighted by Crippen LogP contribution is 2.22. The molecular weight excluding hydrogens is 207 g/mol. The van der Waals surface area contributed by atoms with E-state index in [0.717, 1.165) is 19.3 Å². The highest BCUT2D eigenvalue weighted by atomic mass is 19.1. The lowest BCUT2D eigenvalue weighted by Crippen LogP contribution is -2.10. The summed E-state index contributed by atoms with van der Waals surface area (Å²) in [5.74, 6) is 0.184. The molecule has 86 valence electrons. The smallest absolute Gasteiger partial charge is 0.212 e. The average Bonchev–Trinajstić information content (AvgIpc) is 2.68. The quantitative estimate of drug-likeness (QED) is 0.864. The fourth-order valence-electron chi connectivity index (χ4n) is 1.62. The third-order valence-electron chi connectivity index (χ3n) is 2.55. The summed E-state index contributed by atoms with van der Waals surface area (Å²) in [5, 5.41) is 0. The highest BCUT2D eigenvalue weighted by Gasteiger charge is 2.13. The van der Waals surface area contributed by atoms with Gasteiger partial charge in [0.1, 0.15) is 11.3 Å². The van der Waals surface area contributed by atoms with Crippen LogP contribution in [0.4, 0.5) is 4.39 Å². The topological polar surface area (TPSA) is 52.0 Å². The Balaban J connectivity index is 2.25. The molecule has 0 saturated carbocycles. The first-order chi connectivity index (χ1) is 7.70. The van der Waals surface area contributed by atoms with Crippen molar-refractivity contribution < 1.29 is 8.81 Å². The van der Waals surface area contributed by atoms with Gasteiger partial charge in [0, 0.05) is 6.07 Å². The molecule has 2 aromatic rings. The van der Waals surface area contributed by atoms with E-state index in [2.05, 4.69) is 11.9 Å². The van der Waals surface area contributed by atoms with Crippen LogP contribution in [-0.4, -0.2) is 4.98 Å². The molecule has 2 N–H and O–H groups in total. The Morgan fingerprint density at radius 3 is 3.06 bits per heavy atom. The summed E-state index contributed by atoms with van der Waals surface area (Å²) in [6, 6.07) is 4.09. The van der Waals surface area contributed by atoms with E-state index in [0.29, 0.717) is 17.0 Å². The molecule has 0 saturated heterocycles. The van der Waals surface area contributed by atoms with E-state index >= 15 is 0 Å². The molecule has 1 aromatic heterocycles. The Kier molecular flexibility index (Phi) is 3.19. The van der Waals surface area contributed by atoms with E-state index in [1.165, 1.54) is 12.1 Å². The SMILES string of the molecule is CCCCC(N)c1nc2cc(F)ccc2o1. The Labute approximate surface area is 93.5 Å². The third kappa shape index (κ3) is 2.22. The van der Waals surface area contributed by atoms with Gasteiger partial charge in [-0.3, -0.25) is 0 Å². The highest BCUT2D eigenvalue weighted by molar-refractivity contribution is 5.72. The van der Waals surface area contributed by atoms with Gasteiger partial charge in [-0.15, -0.1) is 0 Å². The summed E-state index contributed by atoms with van der Waals surface area (Å²) < 4.78 is 18.4. The van der Waals surface area contributed by atoms with Gasteiger partial charge in [0.05, 0.1) is 6.04 Å². The predicted octanol–water partition coefficient (Wildman–Crippen LogP) is 3.16. The maximum absolute atomic E-state index is 12.9. The summed E-state index contributed by atoms with van der Waals surface area (Å²) in [5.41, 5.74) is 7.05.